The van der Waals surface area contributed by atoms with Crippen LogP contribution in [0.15, 0.2) is 0 Å². The fraction of sp³-hybridized carbons (Fsp3) is 0.857. The van der Waals surface area contributed by atoms with Crippen molar-refractivity contribution >= 4 is 24.2 Å². The van der Waals surface area contributed by atoms with E-state index in [2.05, 4.69) is 10.6 Å². The number of carbonyl (C=O) groups excluding carboxylic acids is 2. The molecule has 2 rings (SSSR count). The summed E-state index contributed by atoms with van der Waals surface area (Å²) in [6.07, 6.45) is 4.46. The van der Waals surface area contributed by atoms with Crippen molar-refractivity contribution < 1.29 is 14.7 Å². The lowest BCUT2D eigenvalue weighted by molar-refractivity contribution is -0.133. The van der Waals surface area contributed by atoms with Gasteiger partial charge in [-0.1, -0.05) is 12.8 Å². The number of aliphatic hydroxyl groups is 1. The molecule has 0 aromatic rings. The number of hydrogen-bond acceptors (Lipinski definition) is 4. The van der Waals surface area contributed by atoms with Crippen molar-refractivity contribution in [2.45, 2.75) is 50.7 Å². The maximum Gasteiger partial charge on any atom is 0.223 e. The summed E-state index contributed by atoms with van der Waals surface area (Å²) in [7, 11) is 0. The average Bonchev–Trinajstić information content (AvgIpc) is 2.70. The predicted molar refractivity (Wildman–Crippen MR) is 82.3 cm³/mol. The molecule has 0 aliphatic carbocycles. The highest BCUT2D eigenvalue weighted by molar-refractivity contribution is 5.85. The highest BCUT2D eigenvalue weighted by Gasteiger charge is 2.26. The summed E-state index contributed by atoms with van der Waals surface area (Å²) in [5.41, 5.74) is 0. The number of halogens is 1. The van der Waals surface area contributed by atoms with Gasteiger partial charge in [-0.15, -0.1) is 12.4 Å². The molecule has 2 atom stereocenters. The number of hydrogen-bond donors (Lipinski definition) is 3. The number of amides is 2. The van der Waals surface area contributed by atoms with E-state index >= 15 is 0 Å². The largest absolute Gasteiger partial charge is 0.390 e. The first-order valence-electron chi connectivity index (χ1n) is 7.63. The van der Waals surface area contributed by atoms with Gasteiger partial charge in [-0.05, 0) is 12.8 Å². The molecule has 2 fully saturated rings. The molecule has 0 spiro atoms. The Kier molecular flexibility index (Phi) is 8.00. The Labute approximate surface area is 132 Å². The van der Waals surface area contributed by atoms with Gasteiger partial charge in [-0.3, -0.25) is 9.59 Å². The van der Waals surface area contributed by atoms with Gasteiger partial charge in [0.15, 0.2) is 0 Å². The van der Waals surface area contributed by atoms with Crippen LogP contribution in [0, 0.1) is 0 Å². The normalized spacial score (nSPS) is 25.9. The number of β-amino-alcohol motifs (C(OH)–C–C–N with tert-alkyl or cyclic N) is 1. The number of nitrogens with one attached hydrogen (secondary N) is 2. The van der Waals surface area contributed by atoms with Crippen LogP contribution >= 0.6 is 12.4 Å². The molecule has 7 heteroatoms. The van der Waals surface area contributed by atoms with Crippen molar-refractivity contribution in [3.63, 3.8) is 0 Å². The molecule has 21 heavy (non-hydrogen) atoms. The van der Waals surface area contributed by atoms with Crippen molar-refractivity contribution in [1.82, 2.24) is 15.5 Å². The SMILES string of the molecule is Cl.O=C(CCC(=O)N1CCCCCC1)N[C@@H]1CNC[C@H]1O. The molecular weight excluding hydrogens is 294 g/mol. The van der Waals surface area contributed by atoms with Crippen molar-refractivity contribution in [3.8, 4) is 0 Å². The molecule has 0 saturated carbocycles. The minimum Gasteiger partial charge on any atom is -0.390 e. The van der Waals surface area contributed by atoms with Crippen LogP contribution in [-0.2, 0) is 9.59 Å². The Balaban J connectivity index is 0.00000220. The first-order chi connectivity index (χ1) is 9.66. The van der Waals surface area contributed by atoms with Crippen LogP contribution in [0.4, 0.5) is 0 Å². The number of likely N-dealkylation sites (tertiary alicyclic amines) is 1. The Morgan fingerprint density at radius 2 is 1.76 bits per heavy atom. The lowest BCUT2D eigenvalue weighted by atomic mass is 10.2. The minimum atomic E-state index is -0.528. The Morgan fingerprint density at radius 3 is 2.33 bits per heavy atom. The van der Waals surface area contributed by atoms with Gasteiger partial charge in [0.2, 0.25) is 11.8 Å². The zero-order valence-corrected chi connectivity index (χ0v) is 13.2. The molecule has 122 valence electrons. The van der Waals surface area contributed by atoms with Gasteiger partial charge < -0.3 is 20.6 Å². The lowest BCUT2D eigenvalue weighted by Crippen LogP contribution is -2.43. The summed E-state index contributed by atoms with van der Waals surface area (Å²) in [6.45, 7) is 2.75. The van der Waals surface area contributed by atoms with Crippen LogP contribution in [0.3, 0.4) is 0 Å². The molecule has 0 bridgehead atoms. The molecule has 0 radical (unpaired) electrons. The topological polar surface area (TPSA) is 81.7 Å². The quantitative estimate of drug-likeness (QED) is 0.683. The molecule has 2 aliphatic rings. The minimum absolute atomic E-state index is 0. The molecule has 3 N–H and O–H groups in total. The first kappa shape index (κ1) is 18.2. The maximum absolute atomic E-state index is 12.0. The van der Waals surface area contributed by atoms with Gasteiger partial charge in [-0.25, -0.2) is 0 Å². The van der Waals surface area contributed by atoms with Crippen molar-refractivity contribution in [1.29, 1.82) is 0 Å². The predicted octanol–water partition coefficient (Wildman–Crippen LogP) is 0.0399. The Bertz CT molecular complexity index is 346. The number of aliphatic hydroxyl groups excluding tert-OH is 1. The van der Waals surface area contributed by atoms with Gasteiger partial charge in [0.05, 0.1) is 12.1 Å². The van der Waals surface area contributed by atoms with E-state index in [9.17, 15) is 14.7 Å². The summed E-state index contributed by atoms with van der Waals surface area (Å²) in [5.74, 6) is -0.0759. The molecule has 2 aliphatic heterocycles. The van der Waals surface area contributed by atoms with Crippen LogP contribution < -0.4 is 10.6 Å². The molecule has 2 heterocycles. The zero-order valence-electron chi connectivity index (χ0n) is 12.3. The zero-order chi connectivity index (χ0) is 14.4. The van der Waals surface area contributed by atoms with Gasteiger partial charge in [0, 0.05) is 39.0 Å². The number of carbonyl (C=O) groups is 2. The summed E-state index contributed by atoms with van der Waals surface area (Å²) in [4.78, 5) is 25.7. The smallest absolute Gasteiger partial charge is 0.223 e. The van der Waals surface area contributed by atoms with E-state index in [1.165, 1.54) is 12.8 Å². The van der Waals surface area contributed by atoms with Crippen molar-refractivity contribution in [3.05, 3.63) is 0 Å². The van der Waals surface area contributed by atoms with Crippen LogP contribution in [0.2, 0.25) is 0 Å². The van der Waals surface area contributed by atoms with E-state index in [0.717, 1.165) is 25.9 Å². The van der Waals surface area contributed by atoms with Gasteiger partial charge in [0.25, 0.3) is 0 Å². The van der Waals surface area contributed by atoms with E-state index in [1.54, 1.807) is 0 Å². The molecule has 6 nitrogen and oxygen atoms in total. The molecule has 2 saturated heterocycles. The second kappa shape index (κ2) is 9.23. The third kappa shape index (κ3) is 5.80. The summed E-state index contributed by atoms with van der Waals surface area (Å²) >= 11 is 0. The Morgan fingerprint density at radius 1 is 1.10 bits per heavy atom. The fourth-order valence-corrected chi connectivity index (χ4v) is 2.79. The number of rotatable bonds is 4. The van der Waals surface area contributed by atoms with Crippen LogP contribution in [0.25, 0.3) is 0 Å². The van der Waals surface area contributed by atoms with Crippen LogP contribution in [-0.4, -0.2) is 60.1 Å². The van der Waals surface area contributed by atoms with E-state index in [0.29, 0.717) is 13.1 Å². The summed E-state index contributed by atoms with van der Waals surface area (Å²) in [6, 6.07) is -0.226. The standard InChI is InChI=1S/C14H25N3O3.ClH/c18-12-10-15-9-11(12)16-13(19)5-6-14(20)17-7-3-1-2-4-8-17;/h11-12,15,18H,1-10H2,(H,16,19);1H/t11-,12-;/m1./s1. The Hall–Kier alpha value is -0.850. The van der Waals surface area contributed by atoms with E-state index in [1.807, 2.05) is 4.90 Å². The second-order valence-electron chi connectivity index (χ2n) is 5.69. The van der Waals surface area contributed by atoms with Gasteiger partial charge in [0.1, 0.15) is 0 Å². The summed E-state index contributed by atoms with van der Waals surface area (Å²) < 4.78 is 0. The van der Waals surface area contributed by atoms with Crippen LogP contribution in [0.1, 0.15) is 38.5 Å². The summed E-state index contributed by atoms with van der Waals surface area (Å²) in [5, 5.41) is 15.4. The van der Waals surface area contributed by atoms with E-state index in [4.69, 9.17) is 0 Å². The van der Waals surface area contributed by atoms with Crippen molar-refractivity contribution in [2.75, 3.05) is 26.2 Å². The maximum atomic E-state index is 12.0. The lowest BCUT2D eigenvalue weighted by Gasteiger charge is -2.20. The molecule has 0 aromatic heterocycles. The second-order valence-corrected chi connectivity index (χ2v) is 5.69. The highest BCUT2D eigenvalue weighted by Crippen LogP contribution is 2.11. The van der Waals surface area contributed by atoms with Crippen LogP contribution in [0.5, 0.6) is 0 Å². The average molecular weight is 320 g/mol. The molecule has 2 amide bonds. The highest BCUT2D eigenvalue weighted by atomic mass is 35.5. The molecular formula is C14H26ClN3O3. The molecule has 0 aromatic carbocycles. The monoisotopic (exact) mass is 319 g/mol. The van der Waals surface area contributed by atoms with Gasteiger partial charge in [-0.2, -0.15) is 0 Å². The third-order valence-corrected chi connectivity index (χ3v) is 4.05. The fourth-order valence-electron chi connectivity index (χ4n) is 2.79. The van der Waals surface area contributed by atoms with Crippen molar-refractivity contribution in [2.24, 2.45) is 0 Å². The van der Waals surface area contributed by atoms with Gasteiger partial charge >= 0.3 is 0 Å². The van der Waals surface area contributed by atoms with E-state index < -0.39 is 6.10 Å². The van der Waals surface area contributed by atoms with E-state index in [-0.39, 0.29) is 43.1 Å². The molecule has 0 unspecified atom stereocenters. The first-order valence-corrected chi connectivity index (χ1v) is 7.63. The number of nitrogens with zero attached hydrogens (tertiary/aromatic N) is 1. The third-order valence-electron chi connectivity index (χ3n) is 4.05.